The summed E-state index contributed by atoms with van der Waals surface area (Å²) in [6, 6.07) is 5.07. The van der Waals surface area contributed by atoms with E-state index in [2.05, 4.69) is 4.72 Å². The third-order valence-electron chi connectivity index (χ3n) is 4.02. The van der Waals surface area contributed by atoms with Gasteiger partial charge in [-0.3, -0.25) is 4.79 Å². The number of hydrogen-bond donors (Lipinski definition) is 1. The first-order valence-electron chi connectivity index (χ1n) is 7.80. The molecule has 0 aliphatic carbocycles. The van der Waals surface area contributed by atoms with Crippen LogP contribution in [0.25, 0.3) is 0 Å². The molecule has 24 heavy (non-hydrogen) atoms. The fourth-order valence-electron chi connectivity index (χ4n) is 2.65. The average molecular weight is 374 g/mol. The molecule has 0 saturated carbocycles. The molecule has 0 aromatic heterocycles. The number of benzene rings is 1. The first kappa shape index (κ1) is 18.9. The van der Waals surface area contributed by atoms with Crippen LogP contribution in [0.4, 0.5) is 0 Å². The van der Waals surface area contributed by atoms with Crippen molar-refractivity contribution in [3.63, 3.8) is 0 Å². The summed E-state index contributed by atoms with van der Waals surface area (Å²) in [5.41, 5.74) is 0.418. The Hall–Kier alpha value is -1.45. The van der Waals surface area contributed by atoms with Crippen LogP contribution in [0, 0.1) is 0 Å². The molecule has 1 atom stereocenters. The number of hydrogen-bond acceptors (Lipinski definition) is 5. The molecule has 1 aromatic rings. The normalized spacial score (nSPS) is 20.0. The van der Waals surface area contributed by atoms with Gasteiger partial charge in [0, 0.05) is 24.7 Å². The van der Waals surface area contributed by atoms with Gasteiger partial charge in [0.2, 0.25) is 10.0 Å². The minimum Gasteiger partial charge on any atom is -0.339 e. The van der Waals surface area contributed by atoms with Gasteiger partial charge in [0.1, 0.15) is 0 Å². The van der Waals surface area contributed by atoms with E-state index in [1.54, 1.807) is 4.90 Å². The highest BCUT2D eigenvalue weighted by Crippen LogP contribution is 2.17. The Bertz CT molecular complexity index is 797. The molecule has 0 spiro atoms. The van der Waals surface area contributed by atoms with Gasteiger partial charge in [-0.1, -0.05) is 0 Å². The van der Waals surface area contributed by atoms with Crippen molar-refractivity contribution in [2.45, 2.75) is 31.2 Å². The van der Waals surface area contributed by atoms with Crippen LogP contribution in [0.1, 0.15) is 30.6 Å². The van der Waals surface area contributed by atoms with Crippen molar-refractivity contribution in [2.24, 2.45) is 0 Å². The lowest BCUT2D eigenvalue weighted by atomic mass is 10.2. The van der Waals surface area contributed by atoms with E-state index >= 15 is 0 Å². The number of nitrogens with one attached hydrogen (secondary N) is 1. The van der Waals surface area contributed by atoms with Crippen molar-refractivity contribution in [3.05, 3.63) is 29.8 Å². The highest BCUT2D eigenvalue weighted by Gasteiger charge is 2.31. The Balaban J connectivity index is 2.13. The minimum atomic E-state index is -3.81. The van der Waals surface area contributed by atoms with E-state index in [-0.39, 0.29) is 28.7 Å². The molecule has 1 heterocycles. The Labute approximate surface area is 143 Å². The highest BCUT2D eigenvalue weighted by molar-refractivity contribution is 7.92. The summed E-state index contributed by atoms with van der Waals surface area (Å²) >= 11 is 0. The zero-order valence-electron chi connectivity index (χ0n) is 13.7. The van der Waals surface area contributed by atoms with E-state index in [1.807, 2.05) is 13.8 Å². The third-order valence-corrected chi connectivity index (χ3v) is 7.32. The molecule has 1 aliphatic rings. The van der Waals surface area contributed by atoms with Crippen molar-refractivity contribution >= 4 is 25.8 Å². The number of carbonyl (C=O) groups excluding carboxylic acids is 1. The molecule has 1 saturated heterocycles. The standard InChI is InChI=1S/C15H22N2O5S2/c1-3-17(4-2)15(18)12-5-7-14(8-6-12)24(21,22)16-13-9-10-23(19,20)11-13/h5-8,13,16H,3-4,9-11H2,1-2H3/t13-/m0/s1. The van der Waals surface area contributed by atoms with Crippen LogP contribution < -0.4 is 4.72 Å². The Morgan fingerprint density at radius 2 is 1.79 bits per heavy atom. The van der Waals surface area contributed by atoms with E-state index in [1.165, 1.54) is 24.3 Å². The molecule has 134 valence electrons. The minimum absolute atomic E-state index is 0.00248. The van der Waals surface area contributed by atoms with Crippen molar-refractivity contribution in [2.75, 3.05) is 24.6 Å². The van der Waals surface area contributed by atoms with Gasteiger partial charge in [-0.2, -0.15) is 0 Å². The molecule has 0 unspecified atom stereocenters. The zero-order valence-corrected chi connectivity index (χ0v) is 15.4. The van der Waals surface area contributed by atoms with Crippen LogP contribution in [0.3, 0.4) is 0 Å². The largest absolute Gasteiger partial charge is 0.339 e. The number of nitrogens with zero attached hydrogens (tertiary/aromatic N) is 1. The van der Waals surface area contributed by atoms with Crippen LogP contribution in [0.2, 0.25) is 0 Å². The summed E-state index contributed by atoms with van der Waals surface area (Å²) in [7, 11) is -6.97. The van der Waals surface area contributed by atoms with Gasteiger partial charge < -0.3 is 4.90 Å². The predicted octanol–water partition coefficient (Wildman–Crippen LogP) is 0.634. The summed E-state index contributed by atoms with van der Waals surface area (Å²) in [5.74, 6) is -0.332. The first-order valence-corrected chi connectivity index (χ1v) is 11.1. The summed E-state index contributed by atoms with van der Waals surface area (Å²) in [6.07, 6.45) is 0.278. The lowest BCUT2D eigenvalue weighted by Crippen LogP contribution is -2.35. The average Bonchev–Trinajstić information content (AvgIpc) is 2.86. The van der Waals surface area contributed by atoms with Gasteiger partial charge >= 0.3 is 0 Å². The lowest BCUT2D eigenvalue weighted by Gasteiger charge is -2.18. The molecule has 0 radical (unpaired) electrons. The number of amides is 1. The summed E-state index contributed by atoms with van der Waals surface area (Å²) in [6.45, 7) is 4.90. The van der Waals surface area contributed by atoms with E-state index in [4.69, 9.17) is 0 Å². The van der Waals surface area contributed by atoms with Gasteiger partial charge in [-0.05, 0) is 44.5 Å². The number of carbonyl (C=O) groups is 1. The Morgan fingerprint density at radius 1 is 1.21 bits per heavy atom. The number of sulfonamides is 1. The fourth-order valence-corrected chi connectivity index (χ4v) is 5.69. The predicted molar refractivity (Wildman–Crippen MR) is 91.1 cm³/mol. The topological polar surface area (TPSA) is 101 Å². The monoisotopic (exact) mass is 374 g/mol. The second-order valence-electron chi connectivity index (χ2n) is 5.72. The maximum absolute atomic E-state index is 12.3. The van der Waals surface area contributed by atoms with Crippen LogP contribution in [0.15, 0.2) is 29.2 Å². The quantitative estimate of drug-likeness (QED) is 0.787. The molecule has 9 heteroatoms. The number of sulfone groups is 1. The molecule has 1 N–H and O–H groups in total. The lowest BCUT2D eigenvalue weighted by molar-refractivity contribution is 0.0773. The van der Waals surface area contributed by atoms with Crippen molar-refractivity contribution in [1.29, 1.82) is 0 Å². The molecule has 2 rings (SSSR count). The summed E-state index contributed by atoms with van der Waals surface area (Å²) in [4.78, 5) is 13.9. The first-order chi connectivity index (χ1) is 11.2. The fraction of sp³-hybridized carbons (Fsp3) is 0.533. The highest BCUT2D eigenvalue weighted by atomic mass is 32.2. The van der Waals surface area contributed by atoms with Crippen molar-refractivity contribution in [3.8, 4) is 0 Å². The van der Waals surface area contributed by atoms with Gasteiger partial charge in [-0.25, -0.2) is 21.6 Å². The second kappa shape index (κ2) is 7.20. The Morgan fingerprint density at radius 3 is 2.25 bits per heavy atom. The summed E-state index contributed by atoms with van der Waals surface area (Å²) in [5, 5.41) is 0. The summed E-state index contributed by atoms with van der Waals surface area (Å²) < 4.78 is 49.9. The molecule has 7 nitrogen and oxygen atoms in total. The maximum atomic E-state index is 12.3. The second-order valence-corrected chi connectivity index (χ2v) is 9.67. The molecular formula is C15H22N2O5S2. The Kier molecular flexibility index (Phi) is 5.67. The molecule has 0 bridgehead atoms. The van der Waals surface area contributed by atoms with Crippen molar-refractivity contribution in [1.82, 2.24) is 9.62 Å². The van der Waals surface area contributed by atoms with Crippen molar-refractivity contribution < 1.29 is 21.6 Å². The molecule has 1 aromatic carbocycles. The number of rotatable bonds is 6. The zero-order chi connectivity index (χ0) is 18.0. The molecule has 1 aliphatic heterocycles. The van der Waals surface area contributed by atoms with E-state index in [9.17, 15) is 21.6 Å². The van der Waals surface area contributed by atoms with E-state index < -0.39 is 25.9 Å². The van der Waals surface area contributed by atoms with E-state index in [0.717, 1.165) is 0 Å². The van der Waals surface area contributed by atoms with Crippen LogP contribution in [-0.4, -0.2) is 58.3 Å². The van der Waals surface area contributed by atoms with Crippen LogP contribution in [0.5, 0.6) is 0 Å². The van der Waals surface area contributed by atoms with Crippen LogP contribution >= 0.6 is 0 Å². The van der Waals surface area contributed by atoms with Gasteiger partial charge in [0.25, 0.3) is 5.91 Å². The van der Waals surface area contributed by atoms with Gasteiger partial charge in [0.05, 0.1) is 16.4 Å². The molecule has 1 fully saturated rings. The van der Waals surface area contributed by atoms with Gasteiger partial charge in [-0.15, -0.1) is 0 Å². The SMILES string of the molecule is CCN(CC)C(=O)c1ccc(S(=O)(=O)N[C@H]2CCS(=O)(=O)C2)cc1. The molecule has 1 amide bonds. The maximum Gasteiger partial charge on any atom is 0.253 e. The third kappa shape index (κ3) is 4.34. The van der Waals surface area contributed by atoms with E-state index in [0.29, 0.717) is 18.7 Å². The van der Waals surface area contributed by atoms with Gasteiger partial charge in [0.15, 0.2) is 9.84 Å². The van der Waals surface area contributed by atoms with Crippen LogP contribution in [-0.2, 0) is 19.9 Å². The molecular weight excluding hydrogens is 352 g/mol. The smallest absolute Gasteiger partial charge is 0.253 e.